The van der Waals surface area contributed by atoms with Gasteiger partial charge in [0.1, 0.15) is 6.42 Å². The molecular formula is C7H13NO4. The lowest BCUT2D eigenvalue weighted by atomic mass is 10.1. The molecule has 0 aliphatic heterocycles. The van der Waals surface area contributed by atoms with Gasteiger partial charge in [0.05, 0.1) is 5.60 Å². The third-order valence-electron chi connectivity index (χ3n) is 1.03. The van der Waals surface area contributed by atoms with Crippen molar-refractivity contribution in [1.29, 1.82) is 0 Å². The Balaban J connectivity index is 3.65. The molecule has 3 N–H and O–H groups in total. The van der Waals surface area contributed by atoms with Crippen molar-refractivity contribution in [3.05, 3.63) is 0 Å². The highest BCUT2D eigenvalue weighted by Crippen LogP contribution is 1.97. The summed E-state index contributed by atoms with van der Waals surface area (Å²) in [5.74, 6) is -1.77. The highest BCUT2D eigenvalue weighted by atomic mass is 16.4. The minimum atomic E-state index is -1.18. The second kappa shape index (κ2) is 4.06. The van der Waals surface area contributed by atoms with Gasteiger partial charge in [-0.05, 0) is 13.8 Å². The number of carbonyl (C=O) groups is 2. The van der Waals surface area contributed by atoms with Gasteiger partial charge in [0.25, 0.3) is 0 Å². The summed E-state index contributed by atoms with van der Waals surface area (Å²) in [4.78, 5) is 20.7. The van der Waals surface area contributed by atoms with Crippen LogP contribution < -0.4 is 5.32 Å². The first-order valence-electron chi connectivity index (χ1n) is 3.52. The molecule has 0 rings (SSSR count). The van der Waals surface area contributed by atoms with Crippen LogP contribution in [0.1, 0.15) is 20.3 Å². The number of hydrogen-bond donors (Lipinski definition) is 3. The summed E-state index contributed by atoms with van der Waals surface area (Å²) in [5.41, 5.74) is -1.01. The topological polar surface area (TPSA) is 86.6 Å². The maximum absolute atomic E-state index is 10.7. The zero-order valence-corrected chi connectivity index (χ0v) is 7.13. The Kier molecular flexibility index (Phi) is 3.69. The largest absolute Gasteiger partial charge is 0.481 e. The molecule has 0 unspecified atom stereocenters. The van der Waals surface area contributed by atoms with E-state index in [1.807, 2.05) is 0 Å². The summed E-state index contributed by atoms with van der Waals surface area (Å²) < 4.78 is 0. The Morgan fingerprint density at radius 2 is 1.92 bits per heavy atom. The maximum Gasteiger partial charge on any atom is 0.312 e. The van der Waals surface area contributed by atoms with E-state index in [2.05, 4.69) is 5.32 Å². The fourth-order valence-electron chi connectivity index (χ4n) is 0.515. The molecule has 70 valence electrons. The van der Waals surface area contributed by atoms with Crippen molar-refractivity contribution in [2.45, 2.75) is 25.9 Å². The SMILES string of the molecule is CC(C)(O)CNC(=O)CC(=O)O. The smallest absolute Gasteiger partial charge is 0.312 e. The summed E-state index contributed by atoms with van der Waals surface area (Å²) in [6.07, 6.45) is -0.559. The summed E-state index contributed by atoms with van der Waals surface area (Å²) in [5, 5.41) is 19.6. The molecule has 0 fully saturated rings. The molecule has 0 aliphatic rings. The predicted octanol–water partition coefficient (Wildman–Crippen LogP) is -0.652. The lowest BCUT2D eigenvalue weighted by molar-refractivity contribution is -0.141. The van der Waals surface area contributed by atoms with Gasteiger partial charge >= 0.3 is 5.97 Å². The second-order valence-electron chi connectivity index (χ2n) is 3.16. The Morgan fingerprint density at radius 1 is 1.42 bits per heavy atom. The van der Waals surface area contributed by atoms with Gasteiger partial charge in [0.2, 0.25) is 5.91 Å². The molecule has 1 amide bonds. The molecule has 0 bridgehead atoms. The van der Waals surface area contributed by atoms with E-state index < -0.39 is 23.9 Å². The highest BCUT2D eigenvalue weighted by Gasteiger charge is 2.14. The van der Waals surface area contributed by atoms with Crippen molar-refractivity contribution in [3.8, 4) is 0 Å². The average Bonchev–Trinajstić information content (AvgIpc) is 1.80. The molecule has 12 heavy (non-hydrogen) atoms. The van der Waals surface area contributed by atoms with Gasteiger partial charge in [-0.15, -0.1) is 0 Å². The van der Waals surface area contributed by atoms with Gasteiger partial charge in [-0.25, -0.2) is 0 Å². The number of carboxylic acids is 1. The quantitative estimate of drug-likeness (QED) is 0.495. The molecule has 0 spiro atoms. The van der Waals surface area contributed by atoms with Crippen molar-refractivity contribution in [2.24, 2.45) is 0 Å². The van der Waals surface area contributed by atoms with E-state index in [9.17, 15) is 9.59 Å². The Hall–Kier alpha value is -1.10. The van der Waals surface area contributed by atoms with Crippen LogP contribution in [0.4, 0.5) is 0 Å². The van der Waals surface area contributed by atoms with E-state index in [1.165, 1.54) is 13.8 Å². The fraction of sp³-hybridized carbons (Fsp3) is 0.714. The van der Waals surface area contributed by atoms with Crippen molar-refractivity contribution in [1.82, 2.24) is 5.32 Å². The lowest BCUT2D eigenvalue weighted by Crippen LogP contribution is -2.38. The lowest BCUT2D eigenvalue weighted by Gasteiger charge is -2.16. The number of hydrogen-bond acceptors (Lipinski definition) is 3. The third kappa shape index (κ3) is 7.01. The maximum atomic E-state index is 10.7. The monoisotopic (exact) mass is 175 g/mol. The minimum Gasteiger partial charge on any atom is -0.481 e. The van der Waals surface area contributed by atoms with Gasteiger partial charge in [-0.1, -0.05) is 0 Å². The number of carboxylic acid groups (broad SMARTS) is 1. The molecule has 0 saturated carbocycles. The Bertz CT molecular complexity index is 182. The van der Waals surface area contributed by atoms with Crippen LogP contribution in [0.3, 0.4) is 0 Å². The van der Waals surface area contributed by atoms with Crippen LogP contribution in [0.25, 0.3) is 0 Å². The molecule has 0 atom stereocenters. The summed E-state index contributed by atoms with van der Waals surface area (Å²) in [7, 11) is 0. The van der Waals surface area contributed by atoms with Gasteiger partial charge < -0.3 is 15.5 Å². The fourth-order valence-corrected chi connectivity index (χ4v) is 0.515. The first kappa shape index (κ1) is 10.9. The summed E-state index contributed by atoms with van der Waals surface area (Å²) >= 11 is 0. The highest BCUT2D eigenvalue weighted by molar-refractivity contribution is 5.93. The second-order valence-corrected chi connectivity index (χ2v) is 3.16. The molecular weight excluding hydrogens is 162 g/mol. The van der Waals surface area contributed by atoms with E-state index in [1.54, 1.807) is 0 Å². The third-order valence-corrected chi connectivity index (χ3v) is 1.03. The summed E-state index contributed by atoms with van der Waals surface area (Å²) in [6, 6.07) is 0. The number of rotatable bonds is 4. The molecule has 0 aromatic heterocycles. The van der Waals surface area contributed by atoms with Crippen molar-refractivity contribution in [2.75, 3.05) is 6.54 Å². The summed E-state index contributed by atoms with van der Waals surface area (Å²) in [6.45, 7) is 3.10. The van der Waals surface area contributed by atoms with Crippen molar-refractivity contribution < 1.29 is 19.8 Å². The van der Waals surface area contributed by atoms with Crippen LogP contribution in [0.2, 0.25) is 0 Å². The normalized spacial score (nSPS) is 10.9. The van der Waals surface area contributed by atoms with E-state index in [0.29, 0.717) is 0 Å². The number of aliphatic hydroxyl groups is 1. The predicted molar refractivity (Wildman–Crippen MR) is 41.6 cm³/mol. The molecule has 5 nitrogen and oxygen atoms in total. The zero-order chi connectivity index (χ0) is 9.78. The number of nitrogens with one attached hydrogen (secondary N) is 1. The molecule has 0 heterocycles. The Labute approximate surface area is 70.4 Å². The van der Waals surface area contributed by atoms with Gasteiger partial charge in [-0.3, -0.25) is 9.59 Å². The van der Waals surface area contributed by atoms with Gasteiger partial charge in [0, 0.05) is 6.54 Å². The number of carbonyl (C=O) groups excluding carboxylic acids is 1. The first-order valence-corrected chi connectivity index (χ1v) is 3.52. The van der Waals surface area contributed by atoms with Crippen molar-refractivity contribution >= 4 is 11.9 Å². The van der Waals surface area contributed by atoms with Crippen LogP contribution in [0.5, 0.6) is 0 Å². The molecule has 5 heteroatoms. The number of amides is 1. The Morgan fingerprint density at radius 3 is 2.25 bits per heavy atom. The van der Waals surface area contributed by atoms with E-state index in [4.69, 9.17) is 10.2 Å². The molecule has 0 radical (unpaired) electrons. The molecule has 0 aromatic carbocycles. The average molecular weight is 175 g/mol. The van der Waals surface area contributed by atoms with Crippen LogP contribution in [0.15, 0.2) is 0 Å². The van der Waals surface area contributed by atoms with Gasteiger partial charge in [0.15, 0.2) is 0 Å². The van der Waals surface area contributed by atoms with E-state index in [0.717, 1.165) is 0 Å². The molecule has 0 saturated heterocycles. The standard InChI is InChI=1S/C7H13NO4/c1-7(2,12)4-8-5(9)3-6(10)11/h12H,3-4H2,1-2H3,(H,8,9)(H,10,11). The van der Waals surface area contributed by atoms with Crippen LogP contribution in [0, 0.1) is 0 Å². The van der Waals surface area contributed by atoms with Gasteiger partial charge in [-0.2, -0.15) is 0 Å². The van der Waals surface area contributed by atoms with Crippen molar-refractivity contribution in [3.63, 3.8) is 0 Å². The van der Waals surface area contributed by atoms with Crippen LogP contribution in [-0.4, -0.2) is 34.2 Å². The zero-order valence-electron chi connectivity index (χ0n) is 7.13. The van der Waals surface area contributed by atoms with E-state index in [-0.39, 0.29) is 6.54 Å². The first-order chi connectivity index (χ1) is 5.31. The minimum absolute atomic E-state index is 0.0547. The van der Waals surface area contributed by atoms with E-state index >= 15 is 0 Å². The molecule has 0 aliphatic carbocycles. The molecule has 0 aromatic rings. The van der Waals surface area contributed by atoms with Crippen LogP contribution >= 0.6 is 0 Å². The van der Waals surface area contributed by atoms with Crippen LogP contribution in [-0.2, 0) is 9.59 Å². The number of aliphatic carboxylic acids is 1.